The van der Waals surface area contributed by atoms with Crippen molar-refractivity contribution in [3.8, 4) is 0 Å². The number of nitrogens with one attached hydrogen (secondary N) is 1. The maximum absolute atomic E-state index is 12.1. The Labute approximate surface area is 121 Å². The molecular formula is C14H12N2O4S. The lowest BCUT2D eigenvalue weighted by Crippen LogP contribution is -2.30. The molecule has 0 atom stereocenters. The number of sulfonamides is 1. The zero-order chi connectivity index (χ0) is 14.9. The fourth-order valence-corrected chi connectivity index (χ4v) is 3.00. The molecule has 1 aliphatic rings. The lowest BCUT2D eigenvalue weighted by Gasteiger charge is -2.07. The molecule has 1 aromatic heterocycles. The molecule has 1 aromatic carbocycles. The largest absolute Gasteiger partial charge is 0.372 e. The van der Waals surface area contributed by atoms with Crippen molar-refractivity contribution in [2.24, 2.45) is 0 Å². The molecule has 0 radical (unpaired) electrons. The van der Waals surface area contributed by atoms with Crippen LogP contribution in [0, 0.1) is 0 Å². The number of amides is 1. The molecule has 108 valence electrons. The van der Waals surface area contributed by atoms with Crippen LogP contribution >= 0.6 is 0 Å². The second-order valence-corrected chi connectivity index (χ2v) is 6.28. The Morgan fingerprint density at radius 1 is 1.19 bits per heavy atom. The summed E-state index contributed by atoms with van der Waals surface area (Å²) in [7, 11) is -3.92. The Hall–Kier alpha value is -2.25. The van der Waals surface area contributed by atoms with E-state index < -0.39 is 15.9 Å². The smallest absolute Gasteiger partial charge is 0.265 e. The third-order valence-electron chi connectivity index (χ3n) is 3.16. The number of carbonyl (C=O) groups excluding carboxylic acids is 1. The fourth-order valence-electron chi connectivity index (χ4n) is 2.06. The van der Waals surface area contributed by atoms with Crippen molar-refractivity contribution in [1.82, 2.24) is 9.71 Å². The number of hydrogen-bond acceptors (Lipinski definition) is 5. The van der Waals surface area contributed by atoms with Crippen molar-refractivity contribution in [1.29, 1.82) is 0 Å². The summed E-state index contributed by atoms with van der Waals surface area (Å²) in [5.74, 6) is -0.673. The van der Waals surface area contributed by atoms with Gasteiger partial charge in [0.2, 0.25) is 0 Å². The van der Waals surface area contributed by atoms with Gasteiger partial charge in [-0.15, -0.1) is 0 Å². The molecule has 21 heavy (non-hydrogen) atoms. The fraction of sp³-hybridized carbons (Fsp3) is 0.143. The summed E-state index contributed by atoms with van der Waals surface area (Å²) in [4.78, 5) is 15.8. The molecule has 0 aliphatic carbocycles. The highest BCUT2D eigenvalue weighted by atomic mass is 32.2. The van der Waals surface area contributed by atoms with Crippen molar-refractivity contribution >= 4 is 15.9 Å². The van der Waals surface area contributed by atoms with Crippen LogP contribution in [0.2, 0.25) is 0 Å². The molecule has 1 aliphatic heterocycles. The highest BCUT2D eigenvalue weighted by molar-refractivity contribution is 7.90. The van der Waals surface area contributed by atoms with Gasteiger partial charge in [0.25, 0.3) is 15.9 Å². The molecule has 6 nitrogen and oxygen atoms in total. The lowest BCUT2D eigenvalue weighted by atomic mass is 10.1. The number of fused-ring (bicyclic) bond motifs is 1. The van der Waals surface area contributed by atoms with Gasteiger partial charge in [0.05, 0.1) is 13.2 Å². The zero-order valence-electron chi connectivity index (χ0n) is 10.9. The SMILES string of the molecule is O=C(NS(=O)(=O)c1cccnc1)c1ccc2c(c1)COC2. The maximum atomic E-state index is 12.1. The zero-order valence-corrected chi connectivity index (χ0v) is 11.8. The van der Waals surface area contributed by atoms with Gasteiger partial charge < -0.3 is 4.74 Å². The van der Waals surface area contributed by atoms with Crippen LogP contribution in [0.1, 0.15) is 21.5 Å². The third kappa shape index (κ3) is 2.79. The highest BCUT2D eigenvalue weighted by Crippen LogP contribution is 2.21. The van der Waals surface area contributed by atoms with E-state index in [4.69, 9.17) is 4.74 Å². The second-order valence-electron chi connectivity index (χ2n) is 4.60. The van der Waals surface area contributed by atoms with E-state index in [0.29, 0.717) is 13.2 Å². The predicted molar refractivity (Wildman–Crippen MR) is 73.8 cm³/mol. The Bertz CT molecular complexity index is 788. The first kappa shape index (κ1) is 13.7. The molecule has 0 fully saturated rings. The van der Waals surface area contributed by atoms with E-state index in [9.17, 15) is 13.2 Å². The molecule has 7 heteroatoms. The minimum absolute atomic E-state index is 0.0529. The summed E-state index contributed by atoms with van der Waals surface area (Å²) in [5.41, 5.74) is 2.20. The van der Waals surface area contributed by atoms with Crippen LogP contribution < -0.4 is 4.72 Å². The van der Waals surface area contributed by atoms with Gasteiger partial charge >= 0.3 is 0 Å². The number of ether oxygens (including phenoxy) is 1. The van der Waals surface area contributed by atoms with E-state index >= 15 is 0 Å². The van der Waals surface area contributed by atoms with E-state index in [-0.39, 0.29) is 10.5 Å². The van der Waals surface area contributed by atoms with Gasteiger partial charge in [0, 0.05) is 18.0 Å². The van der Waals surface area contributed by atoms with Gasteiger partial charge in [-0.1, -0.05) is 6.07 Å². The van der Waals surface area contributed by atoms with E-state index in [1.165, 1.54) is 24.5 Å². The number of hydrogen-bond donors (Lipinski definition) is 1. The van der Waals surface area contributed by atoms with Crippen molar-refractivity contribution in [3.05, 3.63) is 59.4 Å². The van der Waals surface area contributed by atoms with Crippen molar-refractivity contribution in [2.75, 3.05) is 0 Å². The summed E-state index contributed by atoms with van der Waals surface area (Å²) in [6.45, 7) is 0.955. The van der Waals surface area contributed by atoms with Gasteiger partial charge in [0.15, 0.2) is 0 Å². The van der Waals surface area contributed by atoms with Crippen LogP contribution in [0.5, 0.6) is 0 Å². The normalized spacial score (nSPS) is 13.7. The van der Waals surface area contributed by atoms with Crippen LogP contribution in [-0.2, 0) is 28.0 Å². The standard InChI is InChI=1S/C14H12N2O4S/c17-14(10-3-4-11-8-20-9-12(11)6-10)16-21(18,19)13-2-1-5-15-7-13/h1-7H,8-9H2,(H,16,17). The lowest BCUT2D eigenvalue weighted by molar-refractivity contribution is 0.0981. The Kier molecular flexibility index (Phi) is 3.44. The number of pyridine rings is 1. The Morgan fingerprint density at radius 3 is 2.76 bits per heavy atom. The van der Waals surface area contributed by atoms with E-state index in [2.05, 4.69) is 4.98 Å². The van der Waals surface area contributed by atoms with Gasteiger partial charge in [-0.05, 0) is 35.4 Å². The highest BCUT2D eigenvalue weighted by Gasteiger charge is 2.20. The average Bonchev–Trinajstić information content (AvgIpc) is 2.95. The summed E-state index contributed by atoms with van der Waals surface area (Å²) >= 11 is 0. The number of benzene rings is 1. The first-order valence-electron chi connectivity index (χ1n) is 6.23. The van der Waals surface area contributed by atoms with Crippen LogP contribution in [0.15, 0.2) is 47.6 Å². The molecule has 1 N–H and O–H groups in total. The van der Waals surface area contributed by atoms with Crippen molar-refractivity contribution in [2.45, 2.75) is 18.1 Å². The van der Waals surface area contributed by atoms with E-state index in [0.717, 1.165) is 11.1 Å². The number of carbonyl (C=O) groups is 1. The summed E-state index contributed by atoms with van der Waals surface area (Å²) in [5, 5.41) is 0. The van der Waals surface area contributed by atoms with Gasteiger partial charge in [-0.25, -0.2) is 13.1 Å². The molecule has 0 unspecified atom stereocenters. The van der Waals surface area contributed by atoms with Gasteiger partial charge in [-0.3, -0.25) is 9.78 Å². The molecule has 3 rings (SSSR count). The van der Waals surface area contributed by atoms with Crippen molar-refractivity contribution < 1.29 is 17.9 Å². The topological polar surface area (TPSA) is 85.4 Å². The third-order valence-corrected chi connectivity index (χ3v) is 4.47. The Balaban J connectivity index is 1.84. The molecule has 1 amide bonds. The summed E-state index contributed by atoms with van der Waals surface area (Å²) < 4.78 is 31.4. The molecule has 0 saturated carbocycles. The molecule has 2 aromatic rings. The van der Waals surface area contributed by atoms with E-state index in [1.54, 1.807) is 18.2 Å². The van der Waals surface area contributed by atoms with Gasteiger partial charge in [0.1, 0.15) is 4.90 Å². The van der Waals surface area contributed by atoms with Crippen LogP contribution in [0.25, 0.3) is 0 Å². The first-order valence-corrected chi connectivity index (χ1v) is 7.71. The monoisotopic (exact) mass is 304 g/mol. The average molecular weight is 304 g/mol. The van der Waals surface area contributed by atoms with E-state index in [1.807, 2.05) is 4.72 Å². The number of nitrogens with zero attached hydrogens (tertiary/aromatic N) is 1. The van der Waals surface area contributed by atoms with Crippen LogP contribution in [0.3, 0.4) is 0 Å². The minimum atomic E-state index is -3.92. The molecular weight excluding hydrogens is 292 g/mol. The summed E-state index contributed by atoms with van der Waals surface area (Å²) in [6, 6.07) is 7.87. The molecule has 0 saturated heterocycles. The second kappa shape index (κ2) is 5.27. The molecule has 2 heterocycles. The van der Waals surface area contributed by atoms with Crippen LogP contribution in [-0.4, -0.2) is 19.3 Å². The van der Waals surface area contributed by atoms with Crippen molar-refractivity contribution in [3.63, 3.8) is 0 Å². The quantitative estimate of drug-likeness (QED) is 0.922. The maximum Gasteiger partial charge on any atom is 0.265 e. The number of rotatable bonds is 3. The first-order chi connectivity index (χ1) is 10.1. The molecule has 0 spiro atoms. The predicted octanol–water partition coefficient (Wildman–Crippen LogP) is 1.23. The van der Waals surface area contributed by atoms with Gasteiger partial charge in [-0.2, -0.15) is 0 Å². The van der Waals surface area contributed by atoms with Crippen LogP contribution in [0.4, 0.5) is 0 Å². The number of aromatic nitrogens is 1. The Morgan fingerprint density at radius 2 is 2.00 bits per heavy atom. The minimum Gasteiger partial charge on any atom is -0.372 e. The molecule has 0 bridgehead atoms. The summed E-state index contributed by atoms with van der Waals surface area (Å²) in [6.07, 6.45) is 2.65.